The first-order valence-electron chi connectivity index (χ1n) is 8.47. The smallest absolute Gasteiger partial charge is 0.268 e. The van der Waals surface area contributed by atoms with Crippen LogP contribution in [0.15, 0.2) is 53.7 Å². The van der Waals surface area contributed by atoms with Gasteiger partial charge in [-0.25, -0.2) is 12.4 Å². The van der Waals surface area contributed by atoms with E-state index in [0.717, 1.165) is 23.9 Å². The van der Waals surface area contributed by atoms with Crippen molar-refractivity contribution in [3.05, 3.63) is 54.4 Å². The van der Waals surface area contributed by atoms with Gasteiger partial charge in [-0.05, 0) is 43.0 Å². The molecule has 5 nitrogen and oxygen atoms in total. The van der Waals surface area contributed by atoms with E-state index in [1.54, 1.807) is 42.7 Å². The zero-order valence-corrected chi connectivity index (χ0v) is 14.9. The predicted molar refractivity (Wildman–Crippen MR) is 96.5 cm³/mol. The number of fused-ring (bicyclic) bond motifs is 1. The van der Waals surface area contributed by atoms with Crippen LogP contribution in [0.4, 0.5) is 0 Å². The minimum Gasteiger partial charge on any atom is -0.497 e. The number of pyridine rings is 1. The summed E-state index contributed by atoms with van der Waals surface area (Å²) in [5.74, 6) is 0.908. The minimum absolute atomic E-state index is 0.213. The lowest BCUT2D eigenvalue weighted by Crippen LogP contribution is -2.12. The Morgan fingerprint density at radius 2 is 1.96 bits per heavy atom. The average Bonchev–Trinajstić information content (AvgIpc) is 3.29. The summed E-state index contributed by atoms with van der Waals surface area (Å²) in [6.07, 6.45) is 8.05. The van der Waals surface area contributed by atoms with Crippen molar-refractivity contribution >= 4 is 21.1 Å². The maximum Gasteiger partial charge on any atom is 0.268 e. The second kappa shape index (κ2) is 6.19. The van der Waals surface area contributed by atoms with Gasteiger partial charge in [0.25, 0.3) is 10.0 Å². The number of benzene rings is 1. The van der Waals surface area contributed by atoms with Gasteiger partial charge in [0.2, 0.25) is 0 Å². The highest BCUT2D eigenvalue weighted by Crippen LogP contribution is 2.38. The van der Waals surface area contributed by atoms with Crippen molar-refractivity contribution in [2.75, 3.05) is 7.11 Å². The molecule has 6 heteroatoms. The monoisotopic (exact) mass is 356 g/mol. The molecular weight excluding hydrogens is 336 g/mol. The van der Waals surface area contributed by atoms with Gasteiger partial charge in [0.05, 0.1) is 23.0 Å². The van der Waals surface area contributed by atoms with Gasteiger partial charge < -0.3 is 4.74 Å². The molecule has 0 aliphatic heterocycles. The number of aromatic nitrogens is 2. The third-order valence-corrected chi connectivity index (χ3v) is 6.62. The van der Waals surface area contributed by atoms with Crippen molar-refractivity contribution in [3.63, 3.8) is 0 Å². The number of hydrogen-bond donors (Lipinski definition) is 0. The Kier molecular flexibility index (Phi) is 4.00. The Bertz CT molecular complexity index is 1020. The molecule has 1 aromatic carbocycles. The predicted octanol–water partition coefficient (Wildman–Crippen LogP) is 3.94. The lowest BCUT2D eigenvalue weighted by atomic mass is 10.00. The molecule has 1 aliphatic carbocycles. The van der Waals surface area contributed by atoms with Crippen molar-refractivity contribution in [1.82, 2.24) is 8.96 Å². The SMILES string of the molecule is COc1cccc(S(=O)(=O)n2cc(C3CCCC3)c3ncccc32)c1. The molecule has 0 atom stereocenters. The van der Waals surface area contributed by atoms with Crippen molar-refractivity contribution in [2.24, 2.45) is 0 Å². The summed E-state index contributed by atoms with van der Waals surface area (Å²) in [4.78, 5) is 4.69. The molecule has 1 saturated carbocycles. The Morgan fingerprint density at radius 3 is 2.72 bits per heavy atom. The molecule has 2 aromatic heterocycles. The van der Waals surface area contributed by atoms with Crippen LogP contribution in [0.2, 0.25) is 0 Å². The summed E-state index contributed by atoms with van der Waals surface area (Å²) >= 11 is 0. The van der Waals surface area contributed by atoms with Gasteiger partial charge in [-0.1, -0.05) is 18.9 Å². The van der Waals surface area contributed by atoms with Crippen LogP contribution in [0.5, 0.6) is 5.75 Å². The quantitative estimate of drug-likeness (QED) is 0.710. The minimum atomic E-state index is -3.71. The second-order valence-electron chi connectivity index (χ2n) is 6.42. The van der Waals surface area contributed by atoms with Crippen LogP contribution in [0, 0.1) is 0 Å². The highest BCUT2D eigenvalue weighted by Gasteiger charge is 2.27. The summed E-state index contributed by atoms with van der Waals surface area (Å²) in [5, 5.41) is 0. The lowest BCUT2D eigenvalue weighted by molar-refractivity contribution is 0.413. The van der Waals surface area contributed by atoms with Gasteiger partial charge in [0.15, 0.2) is 0 Å². The average molecular weight is 356 g/mol. The summed E-state index contributed by atoms with van der Waals surface area (Å²) in [7, 11) is -2.18. The molecule has 0 bridgehead atoms. The number of ether oxygens (including phenoxy) is 1. The van der Waals surface area contributed by atoms with E-state index in [1.807, 2.05) is 6.07 Å². The van der Waals surface area contributed by atoms with Crippen LogP contribution in [0.1, 0.15) is 37.2 Å². The summed E-state index contributed by atoms with van der Waals surface area (Å²) < 4.78 is 33.0. The first-order chi connectivity index (χ1) is 12.1. The first kappa shape index (κ1) is 16.1. The zero-order chi connectivity index (χ0) is 17.4. The molecule has 0 amide bonds. The van der Waals surface area contributed by atoms with E-state index in [-0.39, 0.29) is 4.90 Å². The molecule has 2 heterocycles. The van der Waals surface area contributed by atoms with E-state index in [2.05, 4.69) is 4.98 Å². The number of rotatable bonds is 4. The Labute approximate surface area is 147 Å². The highest BCUT2D eigenvalue weighted by atomic mass is 32.2. The molecule has 0 unspecified atom stereocenters. The summed E-state index contributed by atoms with van der Waals surface area (Å²) in [6.45, 7) is 0. The third kappa shape index (κ3) is 2.70. The third-order valence-electron chi connectivity index (χ3n) is 4.95. The van der Waals surface area contributed by atoms with Crippen molar-refractivity contribution in [2.45, 2.75) is 36.5 Å². The normalized spacial score (nSPS) is 15.7. The molecule has 130 valence electrons. The van der Waals surface area contributed by atoms with E-state index >= 15 is 0 Å². The second-order valence-corrected chi connectivity index (χ2v) is 8.23. The van der Waals surface area contributed by atoms with E-state index in [9.17, 15) is 8.42 Å². The fourth-order valence-corrected chi connectivity index (χ4v) is 5.07. The van der Waals surface area contributed by atoms with Crippen LogP contribution in [0.3, 0.4) is 0 Å². The molecule has 0 saturated heterocycles. The van der Waals surface area contributed by atoms with Crippen LogP contribution >= 0.6 is 0 Å². The van der Waals surface area contributed by atoms with Gasteiger partial charge in [0.1, 0.15) is 5.75 Å². The molecule has 3 aromatic rings. The Hall–Kier alpha value is -2.34. The van der Waals surface area contributed by atoms with Crippen LogP contribution in [-0.2, 0) is 10.0 Å². The molecule has 4 rings (SSSR count). The maximum atomic E-state index is 13.2. The Balaban J connectivity index is 1.91. The van der Waals surface area contributed by atoms with Crippen LogP contribution in [-0.4, -0.2) is 24.5 Å². The molecule has 1 fully saturated rings. The van der Waals surface area contributed by atoms with Gasteiger partial charge in [-0.15, -0.1) is 0 Å². The van der Waals surface area contributed by atoms with E-state index in [0.29, 0.717) is 17.2 Å². The van der Waals surface area contributed by atoms with Gasteiger partial charge in [0, 0.05) is 24.0 Å². The van der Waals surface area contributed by atoms with E-state index in [1.165, 1.54) is 23.9 Å². The van der Waals surface area contributed by atoms with Gasteiger partial charge in [-0.3, -0.25) is 4.98 Å². The molecule has 0 radical (unpaired) electrons. The molecular formula is C19H20N2O3S. The highest BCUT2D eigenvalue weighted by molar-refractivity contribution is 7.90. The standard InChI is InChI=1S/C19H20N2O3S/c1-24-15-8-4-9-16(12-15)25(22,23)21-13-17(14-6-2-3-7-14)19-18(21)10-5-11-20-19/h4-5,8-14H,2-3,6-7H2,1H3. The van der Waals surface area contributed by atoms with Gasteiger partial charge >= 0.3 is 0 Å². The molecule has 25 heavy (non-hydrogen) atoms. The fourth-order valence-electron chi connectivity index (χ4n) is 3.66. The van der Waals surface area contributed by atoms with E-state index in [4.69, 9.17) is 4.74 Å². The van der Waals surface area contributed by atoms with Crippen LogP contribution in [0.25, 0.3) is 11.0 Å². The number of hydrogen-bond acceptors (Lipinski definition) is 4. The number of methoxy groups -OCH3 is 1. The summed E-state index contributed by atoms with van der Waals surface area (Å²) in [6, 6.07) is 10.2. The van der Waals surface area contributed by atoms with Crippen LogP contribution < -0.4 is 4.74 Å². The molecule has 0 N–H and O–H groups in total. The Morgan fingerprint density at radius 1 is 1.16 bits per heavy atom. The maximum absolute atomic E-state index is 13.2. The van der Waals surface area contributed by atoms with Crippen molar-refractivity contribution in [1.29, 1.82) is 0 Å². The van der Waals surface area contributed by atoms with Gasteiger partial charge in [-0.2, -0.15) is 0 Å². The van der Waals surface area contributed by atoms with Crippen molar-refractivity contribution < 1.29 is 13.2 Å². The topological polar surface area (TPSA) is 61.2 Å². The molecule has 0 spiro atoms. The zero-order valence-electron chi connectivity index (χ0n) is 14.1. The number of nitrogens with zero attached hydrogens (tertiary/aromatic N) is 2. The van der Waals surface area contributed by atoms with E-state index < -0.39 is 10.0 Å². The largest absolute Gasteiger partial charge is 0.497 e. The van der Waals surface area contributed by atoms with Crippen molar-refractivity contribution in [3.8, 4) is 5.75 Å². The first-order valence-corrected chi connectivity index (χ1v) is 9.91. The fraction of sp³-hybridized carbons (Fsp3) is 0.316. The summed E-state index contributed by atoms with van der Waals surface area (Å²) in [5.41, 5.74) is 2.47. The lowest BCUT2D eigenvalue weighted by Gasteiger charge is -2.09. The molecule has 1 aliphatic rings.